The number of thiazole rings is 1. The van der Waals surface area contributed by atoms with Crippen molar-refractivity contribution in [2.45, 2.75) is 6.42 Å². The number of anilines is 1. The lowest BCUT2D eigenvalue weighted by molar-refractivity contribution is 0.102. The van der Waals surface area contributed by atoms with E-state index in [4.69, 9.17) is 34.8 Å². The van der Waals surface area contributed by atoms with E-state index in [1.807, 2.05) is 6.07 Å². The number of carbonyl (C=O) groups is 1. The number of nitrogens with zero attached hydrogens (tertiary/aromatic N) is 2. The van der Waals surface area contributed by atoms with Crippen LogP contribution in [0.4, 0.5) is 5.13 Å². The first-order valence-corrected chi connectivity index (χ1v) is 8.78. The number of nitrogens with one attached hydrogen (secondary N) is 1. The van der Waals surface area contributed by atoms with Gasteiger partial charge < -0.3 is 0 Å². The monoisotopic (exact) mass is 397 g/mol. The van der Waals surface area contributed by atoms with Crippen LogP contribution < -0.4 is 5.32 Å². The van der Waals surface area contributed by atoms with Crippen LogP contribution in [0.15, 0.2) is 42.7 Å². The van der Waals surface area contributed by atoms with Gasteiger partial charge in [-0.3, -0.25) is 10.1 Å². The molecule has 0 saturated carbocycles. The van der Waals surface area contributed by atoms with Gasteiger partial charge >= 0.3 is 0 Å². The van der Waals surface area contributed by atoms with Crippen molar-refractivity contribution in [3.05, 3.63) is 73.9 Å². The molecule has 8 heteroatoms. The highest BCUT2D eigenvalue weighted by molar-refractivity contribution is 7.15. The Morgan fingerprint density at radius 3 is 2.67 bits per heavy atom. The van der Waals surface area contributed by atoms with Gasteiger partial charge in [0, 0.05) is 33.7 Å². The summed E-state index contributed by atoms with van der Waals surface area (Å²) in [5, 5.41) is 4.85. The Morgan fingerprint density at radius 1 is 1.08 bits per heavy atom. The quantitative estimate of drug-likeness (QED) is 0.603. The highest BCUT2D eigenvalue weighted by Gasteiger charge is 2.11. The van der Waals surface area contributed by atoms with Gasteiger partial charge in [0.1, 0.15) is 5.15 Å². The molecule has 0 aliphatic carbocycles. The van der Waals surface area contributed by atoms with Crippen LogP contribution in [-0.4, -0.2) is 15.9 Å². The maximum atomic E-state index is 12.1. The normalized spacial score (nSPS) is 10.6. The van der Waals surface area contributed by atoms with E-state index >= 15 is 0 Å². The van der Waals surface area contributed by atoms with E-state index in [2.05, 4.69) is 15.3 Å². The second-order valence-corrected chi connectivity index (χ2v) is 7.21. The van der Waals surface area contributed by atoms with E-state index in [0.29, 0.717) is 32.3 Å². The number of hydrogen-bond donors (Lipinski definition) is 1. The standard InChI is InChI=1S/C16H10Cl3N3OS/c17-11-2-3-13(18)10(5-11)6-12-8-21-16(24-12)22-15(23)9-1-4-14(19)20-7-9/h1-5,7-8H,6H2,(H,21,22,23). The number of aromatic nitrogens is 2. The van der Waals surface area contributed by atoms with Crippen molar-refractivity contribution in [3.63, 3.8) is 0 Å². The largest absolute Gasteiger partial charge is 0.298 e. The average molecular weight is 399 g/mol. The Bertz CT molecular complexity index is 881. The number of hydrogen-bond acceptors (Lipinski definition) is 4. The van der Waals surface area contributed by atoms with Crippen molar-refractivity contribution in [3.8, 4) is 0 Å². The highest BCUT2D eigenvalue weighted by Crippen LogP contribution is 2.27. The van der Waals surface area contributed by atoms with E-state index in [1.165, 1.54) is 17.5 Å². The SMILES string of the molecule is O=C(Nc1ncc(Cc2cc(Cl)ccc2Cl)s1)c1ccc(Cl)nc1. The first-order chi connectivity index (χ1) is 11.5. The average Bonchev–Trinajstić information content (AvgIpc) is 2.98. The molecular formula is C16H10Cl3N3OS. The van der Waals surface area contributed by atoms with Crippen molar-refractivity contribution in [1.82, 2.24) is 9.97 Å². The van der Waals surface area contributed by atoms with Crippen molar-refractivity contribution in [1.29, 1.82) is 0 Å². The number of rotatable bonds is 4. The molecule has 0 fully saturated rings. The third-order valence-electron chi connectivity index (χ3n) is 3.14. The molecule has 0 aliphatic heterocycles. The molecule has 0 spiro atoms. The van der Waals surface area contributed by atoms with Gasteiger partial charge in [-0.25, -0.2) is 9.97 Å². The lowest BCUT2D eigenvalue weighted by Crippen LogP contribution is -2.11. The molecular weight excluding hydrogens is 389 g/mol. The van der Waals surface area contributed by atoms with Crippen molar-refractivity contribution in [2.75, 3.05) is 5.32 Å². The topological polar surface area (TPSA) is 54.9 Å². The minimum Gasteiger partial charge on any atom is -0.298 e. The van der Waals surface area contributed by atoms with Crippen LogP contribution in [0.1, 0.15) is 20.8 Å². The van der Waals surface area contributed by atoms with Crippen LogP contribution in [-0.2, 0) is 6.42 Å². The fourth-order valence-electron chi connectivity index (χ4n) is 1.99. The van der Waals surface area contributed by atoms with Gasteiger partial charge in [-0.2, -0.15) is 0 Å². The molecule has 1 amide bonds. The molecule has 3 rings (SSSR count). The van der Waals surface area contributed by atoms with E-state index in [0.717, 1.165) is 10.4 Å². The summed E-state index contributed by atoms with van der Waals surface area (Å²) in [4.78, 5) is 21.2. The van der Waals surface area contributed by atoms with E-state index < -0.39 is 0 Å². The van der Waals surface area contributed by atoms with Crippen LogP contribution in [0.3, 0.4) is 0 Å². The smallest absolute Gasteiger partial charge is 0.259 e. The van der Waals surface area contributed by atoms with Crippen LogP contribution in [0, 0.1) is 0 Å². The molecule has 0 atom stereocenters. The molecule has 4 nitrogen and oxygen atoms in total. The van der Waals surface area contributed by atoms with E-state index in [1.54, 1.807) is 30.5 Å². The van der Waals surface area contributed by atoms with Gasteiger partial charge in [-0.1, -0.05) is 34.8 Å². The summed E-state index contributed by atoms with van der Waals surface area (Å²) in [5.41, 5.74) is 1.32. The summed E-state index contributed by atoms with van der Waals surface area (Å²) in [7, 11) is 0. The second-order valence-electron chi connectivity index (χ2n) is 4.87. The zero-order valence-electron chi connectivity index (χ0n) is 12.1. The van der Waals surface area contributed by atoms with Crippen molar-refractivity contribution < 1.29 is 4.79 Å². The summed E-state index contributed by atoms with van der Waals surface area (Å²) >= 11 is 19.2. The molecule has 1 N–H and O–H groups in total. The molecule has 24 heavy (non-hydrogen) atoms. The Kier molecular flexibility index (Phi) is 5.36. The maximum absolute atomic E-state index is 12.1. The first-order valence-electron chi connectivity index (χ1n) is 6.83. The van der Waals surface area contributed by atoms with Gasteiger partial charge in [0.2, 0.25) is 0 Å². The number of benzene rings is 1. The predicted octanol–water partition coefficient (Wildman–Crippen LogP) is 5.34. The third-order valence-corrected chi connectivity index (χ3v) is 4.88. The molecule has 3 aromatic rings. The molecule has 0 radical (unpaired) electrons. The first kappa shape index (κ1) is 17.2. The van der Waals surface area contributed by atoms with Crippen molar-refractivity contribution >= 4 is 57.2 Å². The Morgan fingerprint density at radius 2 is 1.92 bits per heavy atom. The summed E-state index contributed by atoms with van der Waals surface area (Å²) < 4.78 is 0. The minimum atomic E-state index is -0.291. The number of pyridine rings is 1. The van der Waals surface area contributed by atoms with Crippen LogP contribution in [0.25, 0.3) is 0 Å². The summed E-state index contributed by atoms with van der Waals surface area (Å²) in [6, 6.07) is 8.49. The lowest BCUT2D eigenvalue weighted by atomic mass is 10.1. The van der Waals surface area contributed by atoms with Crippen LogP contribution in [0.5, 0.6) is 0 Å². The molecule has 0 saturated heterocycles. The van der Waals surface area contributed by atoms with Gasteiger partial charge in [0.15, 0.2) is 5.13 Å². The predicted molar refractivity (Wildman–Crippen MR) is 98.6 cm³/mol. The molecule has 0 bridgehead atoms. The molecule has 122 valence electrons. The molecule has 2 aromatic heterocycles. The molecule has 0 unspecified atom stereocenters. The molecule has 2 heterocycles. The zero-order chi connectivity index (χ0) is 17.1. The molecule has 1 aromatic carbocycles. The van der Waals surface area contributed by atoms with Crippen molar-refractivity contribution in [2.24, 2.45) is 0 Å². The number of amides is 1. The summed E-state index contributed by atoms with van der Waals surface area (Å²) in [6.45, 7) is 0. The second kappa shape index (κ2) is 7.49. The Labute approximate surface area is 157 Å². The molecule has 0 aliphatic rings. The fraction of sp³-hybridized carbons (Fsp3) is 0.0625. The summed E-state index contributed by atoms with van der Waals surface area (Å²) in [6.07, 6.45) is 3.71. The lowest BCUT2D eigenvalue weighted by Gasteiger charge is -2.03. The van der Waals surface area contributed by atoms with Gasteiger partial charge in [-0.15, -0.1) is 11.3 Å². The van der Waals surface area contributed by atoms with Crippen LogP contribution in [0.2, 0.25) is 15.2 Å². The Balaban J connectivity index is 1.70. The third kappa shape index (κ3) is 4.24. The minimum absolute atomic E-state index is 0.291. The Hall–Kier alpha value is -1.66. The number of carbonyl (C=O) groups excluding carboxylic acids is 1. The van der Waals surface area contributed by atoms with Crippen LogP contribution >= 0.6 is 46.1 Å². The summed E-state index contributed by atoms with van der Waals surface area (Å²) in [5.74, 6) is -0.291. The zero-order valence-corrected chi connectivity index (χ0v) is 15.2. The van der Waals surface area contributed by atoms with Gasteiger partial charge in [0.25, 0.3) is 5.91 Å². The van der Waals surface area contributed by atoms with E-state index in [9.17, 15) is 4.79 Å². The number of halogens is 3. The van der Waals surface area contributed by atoms with Gasteiger partial charge in [0.05, 0.1) is 5.56 Å². The maximum Gasteiger partial charge on any atom is 0.259 e. The van der Waals surface area contributed by atoms with Gasteiger partial charge in [-0.05, 0) is 35.9 Å². The fourth-order valence-corrected chi connectivity index (χ4v) is 3.31. The highest BCUT2D eigenvalue weighted by atomic mass is 35.5. The van der Waals surface area contributed by atoms with E-state index in [-0.39, 0.29) is 5.91 Å².